The number of hydrogen-bond donors (Lipinski definition) is 1. The SMILES string of the molecule is CCN(Cc1nc2c(N)nc3c[c]([Al])ccc3c2n1Cc1ccc(OC)cc1)C(C)=O. The first-order valence-corrected chi connectivity index (χ1v) is 10.7. The summed E-state index contributed by atoms with van der Waals surface area (Å²) in [6.07, 6.45) is 0. The van der Waals surface area contributed by atoms with Crippen LogP contribution < -0.4 is 14.9 Å². The molecule has 4 aromatic rings. The Labute approximate surface area is 189 Å². The van der Waals surface area contributed by atoms with Crippen molar-refractivity contribution in [2.75, 3.05) is 19.4 Å². The fourth-order valence-electron chi connectivity index (χ4n) is 3.80. The Morgan fingerprint density at radius 2 is 1.94 bits per heavy atom. The highest BCUT2D eigenvalue weighted by molar-refractivity contribution is 6.33. The Morgan fingerprint density at radius 3 is 2.58 bits per heavy atom. The second-order valence-electron chi connectivity index (χ2n) is 7.47. The van der Waals surface area contributed by atoms with E-state index >= 15 is 0 Å². The number of nitrogen functional groups attached to an aromatic ring is 1. The summed E-state index contributed by atoms with van der Waals surface area (Å²) in [6.45, 7) is 5.13. The fourth-order valence-corrected chi connectivity index (χ4v) is 4.05. The van der Waals surface area contributed by atoms with Crippen LogP contribution in [-0.4, -0.2) is 55.3 Å². The maximum atomic E-state index is 12.1. The van der Waals surface area contributed by atoms with E-state index in [1.165, 1.54) is 0 Å². The first kappa shape index (κ1) is 21.2. The molecule has 8 heteroatoms. The Kier molecular flexibility index (Phi) is 5.86. The number of methoxy groups -OCH3 is 1. The molecule has 0 bridgehead atoms. The lowest BCUT2D eigenvalue weighted by Gasteiger charge is -2.19. The Hall–Kier alpha value is -3.08. The van der Waals surface area contributed by atoms with Gasteiger partial charge in [-0.25, -0.2) is 9.97 Å². The van der Waals surface area contributed by atoms with Crippen LogP contribution in [0.5, 0.6) is 5.75 Å². The number of rotatable bonds is 6. The van der Waals surface area contributed by atoms with E-state index in [9.17, 15) is 4.79 Å². The van der Waals surface area contributed by atoms with Crippen LogP contribution in [0.2, 0.25) is 0 Å². The van der Waals surface area contributed by atoms with Crippen molar-refractivity contribution < 1.29 is 9.53 Å². The third-order valence-electron chi connectivity index (χ3n) is 5.47. The van der Waals surface area contributed by atoms with Gasteiger partial charge in [0.25, 0.3) is 0 Å². The summed E-state index contributed by atoms with van der Waals surface area (Å²) in [5, 5.41) is 0.980. The number of nitrogens with zero attached hydrogens (tertiary/aromatic N) is 4. The highest BCUT2D eigenvalue weighted by Crippen LogP contribution is 2.30. The van der Waals surface area contributed by atoms with E-state index in [0.29, 0.717) is 31.0 Å². The average molecular weight is 429 g/mol. The van der Waals surface area contributed by atoms with Crippen LogP contribution in [0, 0.1) is 0 Å². The number of benzene rings is 2. The first-order chi connectivity index (χ1) is 14.9. The standard InChI is InChI=1S/C23H24N5O2.Al/c1-4-27(15(2)29)14-20-26-21-22(18-7-5-6-8-19(18)25-23(21)24)28(20)13-16-9-11-17(30-3)12-10-16;/h5,7-12H,4,13-14H2,1-3H3,(H2,24,25);. The molecule has 0 saturated heterocycles. The minimum Gasteiger partial charge on any atom is -0.497 e. The number of aromatic nitrogens is 3. The number of carbonyl (C=O) groups is 1. The van der Waals surface area contributed by atoms with E-state index in [1.807, 2.05) is 49.4 Å². The second kappa shape index (κ2) is 8.58. The van der Waals surface area contributed by atoms with E-state index in [4.69, 9.17) is 15.5 Å². The maximum absolute atomic E-state index is 12.1. The van der Waals surface area contributed by atoms with Crippen LogP contribution in [0.4, 0.5) is 5.82 Å². The van der Waals surface area contributed by atoms with Gasteiger partial charge in [0.2, 0.25) is 5.91 Å². The van der Waals surface area contributed by atoms with Crippen LogP contribution in [0.15, 0.2) is 42.5 Å². The monoisotopic (exact) mass is 429 g/mol. The Balaban J connectivity index is 1.94. The third kappa shape index (κ3) is 4.09. The van der Waals surface area contributed by atoms with Gasteiger partial charge in [-0.1, -0.05) is 30.3 Å². The molecule has 2 N–H and O–H groups in total. The second-order valence-corrected chi connectivity index (χ2v) is 8.13. The number of nitrogens with two attached hydrogens (primary N) is 1. The molecule has 0 aliphatic carbocycles. The fraction of sp³-hybridized carbons (Fsp3) is 0.261. The zero-order valence-electron chi connectivity index (χ0n) is 17.9. The lowest BCUT2D eigenvalue weighted by atomic mass is 10.1. The molecule has 0 saturated carbocycles. The van der Waals surface area contributed by atoms with Crippen molar-refractivity contribution in [2.45, 2.75) is 26.9 Å². The third-order valence-corrected chi connectivity index (χ3v) is 5.83. The lowest BCUT2D eigenvalue weighted by Crippen LogP contribution is -2.29. The minimum atomic E-state index is 0.00848. The number of pyridine rings is 1. The van der Waals surface area contributed by atoms with E-state index in [1.54, 1.807) is 18.9 Å². The largest absolute Gasteiger partial charge is 0.497 e. The molecule has 4 rings (SSSR count). The van der Waals surface area contributed by atoms with Gasteiger partial charge in [-0.3, -0.25) is 4.79 Å². The van der Waals surface area contributed by atoms with Gasteiger partial charge in [0.1, 0.15) is 17.1 Å². The summed E-state index contributed by atoms with van der Waals surface area (Å²) < 4.78 is 8.47. The summed E-state index contributed by atoms with van der Waals surface area (Å²) in [7, 11) is 1.65. The lowest BCUT2D eigenvalue weighted by molar-refractivity contribution is -0.129. The molecule has 0 spiro atoms. The van der Waals surface area contributed by atoms with Gasteiger partial charge in [0.15, 0.2) is 22.1 Å². The van der Waals surface area contributed by atoms with Gasteiger partial charge in [0, 0.05) is 25.4 Å². The van der Waals surface area contributed by atoms with Gasteiger partial charge < -0.3 is 19.9 Å². The van der Waals surface area contributed by atoms with Gasteiger partial charge in [-0.15, -0.1) is 4.43 Å². The summed E-state index contributed by atoms with van der Waals surface area (Å²) in [5.41, 5.74) is 9.82. The number of hydrogen-bond acceptors (Lipinski definition) is 5. The van der Waals surface area contributed by atoms with Crippen LogP contribution >= 0.6 is 0 Å². The molecule has 0 aliphatic heterocycles. The molecule has 0 atom stereocenters. The summed E-state index contributed by atoms with van der Waals surface area (Å²) in [6, 6.07) is 14.0. The normalized spacial score (nSPS) is 11.2. The number of amides is 1. The molecule has 2 aromatic carbocycles. The molecule has 1 amide bonds. The van der Waals surface area contributed by atoms with E-state index < -0.39 is 0 Å². The quantitative estimate of drug-likeness (QED) is 0.476. The predicted octanol–water partition coefficient (Wildman–Crippen LogP) is 2.39. The van der Waals surface area contributed by atoms with Crippen molar-refractivity contribution >= 4 is 54.4 Å². The van der Waals surface area contributed by atoms with Crippen molar-refractivity contribution in [1.29, 1.82) is 0 Å². The predicted molar refractivity (Wildman–Crippen MR) is 124 cm³/mol. The Bertz CT molecular complexity index is 1270. The maximum Gasteiger partial charge on any atom is 0.219 e. The van der Waals surface area contributed by atoms with E-state index in [-0.39, 0.29) is 5.91 Å². The van der Waals surface area contributed by atoms with Gasteiger partial charge in [-0.05, 0) is 24.6 Å². The molecule has 2 heterocycles. The zero-order chi connectivity index (χ0) is 22.1. The number of imidazole rings is 1. The van der Waals surface area contributed by atoms with Crippen LogP contribution in [-0.2, 0) is 17.9 Å². The summed E-state index contributed by atoms with van der Waals surface area (Å²) in [4.78, 5) is 23.3. The van der Waals surface area contributed by atoms with Crippen LogP contribution in [0.25, 0.3) is 21.9 Å². The van der Waals surface area contributed by atoms with E-state index in [0.717, 1.165) is 38.0 Å². The van der Waals surface area contributed by atoms with E-state index in [2.05, 4.69) is 25.8 Å². The zero-order valence-corrected chi connectivity index (χ0v) is 19.1. The van der Waals surface area contributed by atoms with Gasteiger partial charge >= 0.3 is 0 Å². The molecule has 2 aromatic heterocycles. The van der Waals surface area contributed by atoms with Gasteiger partial charge in [0.05, 0.1) is 24.7 Å². The topological polar surface area (TPSA) is 86.3 Å². The molecule has 2 radical (unpaired) electrons. The summed E-state index contributed by atoms with van der Waals surface area (Å²) >= 11 is 2.69. The van der Waals surface area contributed by atoms with Crippen LogP contribution in [0.3, 0.4) is 0 Å². The van der Waals surface area contributed by atoms with Crippen molar-refractivity contribution in [3.05, 3.63) is 53.9 Å². The number of anilines is 1. The molecule has 0 unspecified atom stereocenters. The molecule has 31 heavy (non-hydrogen) atoms. The molecule has 7 nitrogen and oxygen atoms in total. The molecule has 0 fully saturated rings. The van der Waals surface area contributed by atoms with Crippen molar-refractivity contribution in [2.24, 2.45) is 0 Å². The smallest absolute Gasteiger partial charge is 0.219 e. The van der Waals surface area contributed by atoms with Gasteiger partial charge in [-0.2, -0.15) is 0 Å². The highest BCUT2D eigenvalue weighted by atomic mass is 27.0. The molecule has 0 aliphatic rings. The van der Waals surface area contributed by atoms with Crippen molar-refractivity contribution in [1.82, 2.24) is 19.4 Å². The molecular weight excluding hydrogens is 405 g/mol. The summed E-state index contributed by atoms with van der Waals surface area (Å²) in [5.74, 6) is 1.98. The number of fused-ring (bicyclic) bond motifs is 3. The Morgan fingerprint density at radius 1 is 1.19 bits per heavy atom. The average Bonchev–Trinajstić information content (AvgIpc) is 3.11. The minimum absolute atomic E-state index is 0.00848. The molecular formula is C23H24AlN5O2. The van der Waals surface area contributed by atoms with Crippen molar-refractivity contribution in [3.8, 4) is 5.75 Å². The first-order valence-electron chi connectivity index (χ1n) is 10.1. The van der Waals surface area contributed by atoms with Crippen molar-refractivity contribution in [3.63, 3.8) is 0 Å². The van der Waals surface area contributed by atoms with Crippen LogP contribution in [0.1, 0.15) is 25.2 Å². The number of ether oxygens (including phenoxy) is 1. The number of carbonyl (C=O) groups excluding carboxylic acids is 1. The molecule has 156 valence electrons. The highest BCUT2D eigenvalue weighted by Gasteiger charge is 2.20.